The fourth-order valence-corrected chi connectivity index (χ4v) is 4.45. The molecule has 1 aliphatic heterocycles. The Morgan fingerprint density at radius 3 is 1.69 bits per heavy atom. The number of fused-ring (bicyclic) bond motifs is 2. The SMILES string of the molecule is COC(OC)N1CC2C3CCC(CC3)C2C1. The minimum Gasteiger partial charge on any atom is -0.343 e. The van der Waals surface area contributed by atoms with Gasteiger partial charge in [0.05, 0.1) is 0 Å². The summed E-state index contributed by atoms with van der Waals surface area (Å²) in [5.41, 5.74) is 0. The lowest BCUT2D eigenvalue weighted by molar-refractivity contribution is -0.190. The molecule has 92 valence electrons. The lowest BCUT2D eigenvalue weighted by Crippen LogP contribution is -2.38. The molecule has 2 unspecified atom stereocenters. The zero-order chi connectivity index (χ0) is 11.1. The molecule has 0 radical (unpaired) electrons. The summed E-state index contributed by atoms with van der Waals surface area (Å²) in [5.74, 6) is 3.85. The monoisotopic (exact) mass is 225 g/mol. The summed E-state index contributed by atoms with van der Waals surface area (Å²) < 4.78 is 10.8. The van der Waals surface area contributed by atoms with E-state index in [4.69, 9.17) is 9.47 Å². The molecule has 0 aromatic carbocycles. The molecule has 4 rings (SSSR count). The quantitative estimate of drug-likeness (QED) is 0.685. The normalized spacial score (nSPS) is 42.9. The highest BCUT2D eigenvalue weighted by Crippen LogP contribution is 2.52. The summed E-state index contributed by atoms with van der Waals surface area (Å²) in [6, 6.07) is 0. The minimum absolute atomic E-state index is 0.120. The number of nitrogens with zero attached hydrogens (tertiary/aromatic N) is 1. The van der Waals surface area contributed by atoms with Crippen molar-refractivity contribution in [1.82, 2.24) is 4.90 Å². The van der Waals surface area contributed by atoms with Gasteiger partial charge in [-0.3, -0.25) is 4.90 Å². The molecule has 0 aromatic rings. The first-order valence-corrected chi connectivity index (χ1v) is 6.63. The highest BCUT2D eigenvalue weighted by atomic mass is 16.7. The molecule has 4 fully saturated rings. The Balaban J connectivity index is 1.71. The smallest absolute Gasteiger partial charge is 0.218 e. The van der Waals surface area contributed by atoms with E-state index in [0.717, 1.165) is 23.7 Å². The third-order valence-corrected chi connectivity index (χ3v) is 5.17. The van der Waals surface area contributed by atoms with Gasteiger partial charge in [0.25, 0.3) is 0 Å². The van der Waals surface area contributed by atoms with E-state index < -0.39 is 0 Å². The van der Waals surface area contributed by atoms with Crippen LogP contribution in [0.15, 0.2) is 0 Å². The van der Waals surface area contributed by atoms with Crippen LogP contribution in [0.5, 0.6) is 0 Å². The summed E-state index contributed by atoms with van der Waals surface area (Å²) in [4.78, 5) is 2.39. The van der Waals surface area contributed by atoms with Crippen molar-refractivity contribution in [1.29, 1.82) is 0 Å². The standard InChI is InChI=1S/C13H23NO2/c1-15-13(16-2)14-7-11-9-3-4-10(6-5-9)12(11)8-14/h9-13H,3-8H2,1-2H3. The van der Waals surface area contributed by atoms with Crippen LogP contribution in [-0.4, -0.2) is 38.6 Å². The molecule has 4 aliphatic rings. The van der Waals surface area contributed by atoms with E-state index in [1.165, 1.54) is 38.8 Å². The van der Waals surface area contributed by atoms with Crippen LogP contribution in [0.4, 0.5) is 0 Å². The van der Waals surface area contributed by atoms with Gasteiger partial charge in [-0.25, -0.2) is 0 Å². The van der Waals surface area contributed by atoms with E-state index in [9.17, 15) is 0 Å². The van der Waals surface area contributed by atoms with E-state index in [1.54, 1.807) is 14.2 Å². The van der Waals surface area contributed by atoms with Gasteiger partial charge in [-0.1, -0.05) is 0 Å². The van der Waals surface area contributed by atoms with Crippen LogP contribution in [-0.2, 0) is 9.47 Å². The first kappa shape index (κ1) is 11.0. The lowest BCUT2D eigenvalue weighted by Gasteiger charge is -2.45. The molecule has 3 aliphatic carbocycles. The lowest BCUT2D eigenvalue weighted by atomic mass is 9.60. The Morgan fingerprint density at radius 1 is 0.875 bits per heavy atom. The third kappa shape index (κ3) is 1.60. The molecular formula is C13H23NO2. The maximum Gasteiger partial charge on any atom is 0.218 e. The maximum absolute atomic E-state index is 5.38. The topological polar surface area (TPSA) is 21.7 Å². The van der Waals surface area contributed by atoms with Crippen LogP contribution < -0.4 is 0 Å². The van der Waals surface area contributed by atoms with Crippen molar-refractivity contribution in [2.75, 3.05) is 27.3 Å². The average Bonchev–Trinajstić information content (AvgIpc) is 2.78. The van der Waals surface area contributed by atoms with Gasteiger partial charge in [-0.05, 0) is 49.4 Å². The van der Waals surface area contributed by atoms with E-state index in [1.807, 2.05) is 0 Å². The highest BCUT2D eigenvalue weighted by molar-refractivity contribution is 4.98. The van der Waals surface area contributed by atoms with Gasteiger partial charge in [0.15, 0.2) is 0 Å². The number of hydrogen-bond acceptors (Lipinski definition) is 3. The molecule has 1 saturated heterocycles. The first-order chi connectivity index (χ1) is 7.83. The largest absolute Gasteiger partial charge is 0.343 e. The second kappa shape index (κ2) is 4.28. The van der Waals surface area contributed by atoms with Crippen LogP contribution >= 0.6 is 0 Å². The molecule has 0 N–H and O–H groups in total. The van der Waals surface area contributed by atoms with E-state index in [2.05, 4.69) is 4.90 Å². The fraction of sp³-hybridized carbons (Fsp3) is 1.00. The van der Waals surface area contributed by atoms with Crippen molar-refractivity contribution in [3.05, 3.63) is 0 Å². The third-order valence-electron chi connectivity index (χ3n) is 5.17. The van der Waals surface area contributed by atoms with Crippen molar-refractivity contribution >= 4 is 0 Å². The van der Waals surface area contributed by atoms with Crippen molar-refractivity contribution in [3.63, 3.8) is 0 Å². The number of ether oxygens (including phenoxy) is 2. The zero-order valence-corrected chi connectivity index (χ0v) is 10.4. The molecule has 3 nitrogen and oxygen atoms in total. The van der Waals surface area contributed by atoms with Gasteiger partial charge in [0, 0.05) is 27.3 Å². The van der Waals surface area contributed by atoms with E-state index in [-0.39, 0.29) is 6.41 Å². The highest BCUT2D eigenvalue weighted by Gasteiger charge is 2.49. The summed E-state index contributed by atoms with van der Waals surface area (Å²) in [5, 5.41) is 0. The predicted octanol–water partition coefficient (Wildman–Crippen LogP) is 1.93. The Hall–Kier alpha value is -0.120. The van der Waals surface area contributed by atoms with Crippen LogP contribution in [0.2, 0.25) is 0 Å². The van der Waals surface area contributed by atoms with Crippen molar-refractivity contribution < 1.29 is 9.47 Å². The number of rotatable bonds is 3. The van der Waals surface area contributed by atoms with E-state index in [0.29, 0.717) is 0 Å². The van der Waals surface area contributed by atoms with Gasteiger partial charge in [-0.15, -0.1) is 0 Å². The van der Waals surface area contributed by atoms with Gasteiger partial charge < -0.3 is 9.47 Å². The fourth-order valence-electron chi connectivity index (χ4n) is 4.45. The minimum atomic E-state index is -0.120. The Labute approximate surface area is 98.1 Å². The second-order valence-corrected chi connectivity index (χ2v) is 5.73. The Kier molecular flexibility index (Phi) is 2.94. The van der Waals surface area contributed by atoms with E-state index >= 15 is 0 Å². The predicted molar refractivity (Wildman–Crippen MR) is 61.8 cm³/mol. The second-order valence-electron chi connectivity index (χ2n) is 5.73. The summed E-state index contributed by atoms with van der Waals surface area (Å²) in [7, 11) is 3.48. The maximum atomic E-state index is 5.38. The Bertz CT molecular complexity index is 226. The summed E-state index contributed by atoms with van der Waals surface area (Å²) >= 11 is 0. The van der Waals surface area contributed by atoms with Gasteiger partial charge >= 0.3 is 0 Å². The number of likely N-dealkylation sites (tertiary alicyclic amines) is 1. The number of methoxy groups -OCH3 is 2. The van der Waals surface area contributed by atoms with Gasteiger partial charge in [0.2, 0.25) is 6.41 Å². The molecule has 3 heteroatoms. The number of hydrogen-bond donors (Lipinski definition) is 0. The molecule has 16 heavy (non-hydrogen) atoms. The molecular weight excluding hydrogens is 202 g/mol. The zero-order valence-electron chi connectivity index (χ0n) is 10.4. The van der Waals surface area contributed by atoms with Gasteiger partial charge in [-0.2, -0.15) is 0 Å². The molecule has 0 amide bonds. The van der Waals surface area contributed by atoms with Crippen molar-refractivity contribution in [3.8, 4) is 0 Å². The van der Waals surface area contributed by atoms with Gasteiger partial charge in [0.1, 0.15) is 0 Å². The molecule has 0 aromatic heterocycles. The molecule has 2 atom stereocenters. The molecule has 3 saturated carbocycles. The summed E-state index contributed by atoms with van der Waals surface area (Å²) in [6.45, 7) is 2.39. The Morgan fingerprint density at radius 2 is 1.31 bits per heavy atom. The van der Waals surface area contributed by atoms with Crippen LogP contribution in [0, 0.1) is 23.7 Å². The first-order valence-electron chi connectivity index (χ1n) is 6.63. The van der Waals surface area contributed by atoms with Crippen molar-refractivity contribution in [2.45, 2.75) is 32.1 Å². The van der Waals surface area contributed by atoms with Crippen LogP contribution in [0.1, 0.15) is 25.7 Å². The average molecular weight is 225 g/mol. The van der Waals surface area contributed by atoms with Crippen LogP contribution in [0.25, 0.3) is 0 Å². The molecule has 1 heterocycles. The summed E-state index contributed by atoms with van der Waals surface area (Å²) in [6.07, 6.45) is 5.79. The molecule has 0 spiro atoms. The van der Waals surface area contributed by atoms with Crippen molar-refractivity contribution in [2.24, 2.45) is 23.7 Å². The molecule has 2 bridgehead atoms. The van der Waals surface area contributed by atoms with Crippen LogP contribution in [0.3, 0.4) is 0 Å².